The van der Waals surface area contributed by atoms with Gasteiger partial charge in [0.05, 0.1) is 10.4 Å². The molecule has 1 aliphatic carbocycles. The number of aromatic nitrogens is 1. The second kappa shape index (κ2) is 12.1. The van der Waals surface area contributed by atoms with E-state index in [0.717, 1.165) is 56.1 Å². The molecule has 0 unspecified atom stereocenters. The molecule has 0 spiro atoms. The maximum atomic E-state index is 12.0. The Kier molecular flexibility index (Phi) is 8.44. The maximum Gasteiger partial charge on any atom is 0.269 e. The highest BCUT2D eigenvalue weighted by molar-refractivity contribution is 5.93. The molecule has 1 amide bonds. The number of fused-ring (bicyclic) bond motifs is 2. The highest BCUT2D eigenvalue weighted by Crippen LogP contribution is 2.33. The lowest BCUT2D eigenvalue weighted by Gasteiger charge is -2.21. The van der Waals surface area contributed by atoms with Gasteiger partial charge in [-0.2, -0.15) is 0 Å². The zero-order valence-corrected chi connectivity index (χ0v) is 20.0. The average Bonchev–Trinajstić information content (AvgIpc) is 2.88. The first kappa shape index (κ1) is 24.4. The molecule has 2 aromatic carbocycles. The molecule has 0 bridgehead atoms. The second-order valence-electron chi connectivity index (χ2n) is 8.95. The van der Waals surface area contributed by atoms with E-state index in [4.69, 9.17) is 4.98 Å². The maximum absolute atomic E-state index is 12.0. The monoisotopic (exact) mass is 472 g/mol. The summed E-state index contributed by atoms with van der Waals surface area (Å²) in [5.74, 6) is -0.153. The number of nitrogens with one attached hydrogen (secondary N) is 2. The summed E-state index contributed by atoms with van der Waals surface area (Å²) in [4.78, 5) is 27.1. The van der Waals surface area contributed by atoms with Crippen LogP contribution in [0.2, 0.25) is 0 Å². The molecule has 0 aliphatic heterocycles. The van der Waals surface area contributed by atoms with Crippen LogP contribution in [0.4, 0.5) is 11.4 Å². The highest BCUT2D eigenvalue weighted by Gasteiger charge is 2.17. The lowest BCUT2D eigenvalue weighted by atomic mass is 9.92. The number of unbranched alkanes of at least 4 members (excludes halogenated alkanes) is 3. The number of nitro groups is 1. The molecule has 1 aromatic heterocycles. The number of pyridine rings is 1. The van der Waals surface area contributed by atoms with Gasteiger partial charge in [0, 0.05) is 48.1 Å². The van der Waals surface area contributed by atoms with E-state index in [-0.39, 0.29) is 11.6 Å². The van der Waals surface area contributed by atoms with E-state index in [2.05, 4.69) is 34.9 Å². The van der Waals surface area contributed by atoms with Crippen molar-refractivity contribution in [1.82, 2.24) is 10.3 Å². The summed E-state index contributed by atoms with van der Waals surface area (Å²) in [5, 5.41) is 18.5. The molecule has 182 valence electrons. The van der Waals surface area contributed by atoms with E-state index in [1.807, 2.05) is 0 Å². The third-order valence-corrected chi connectivity index (χ3v) is 6.40. The SMILES string of the molecule is O=C(/C=C/c1ccc([N+](=O)[O-])cc1)NCCCCCCNc1c2c(nc3ccccc13)CCCC2. The van der Waals surface area contributed by atoms with Crippen molar-refractivity contribution in [3.8, 4) is 0 Å². The Morgan fingerprint density at radius 2 is 1.71 bits per heavy atom. The summed E-state index contributed by atoms with van der Waals surface area (Å²) in [7, 11) is 0. The van der Waals surface area contributed by atoms with E-state index in [0.29, 0.717) is 6.54 Å². The normalized spacial score (nSPS) is 13.0. The number of hydrogen-bond acceptors (Lipinski definition) is 5. The first-order valence-corrected chi connectivity index (χ1v) is 12.5. The Balaban J connectivity index is 1.15. The predicted molar refractivity (Wildman–Crippen MR) is 140 cm³/mol. The van der Waals surface area contributed by atoms with Gasteiger partial charge in [-0.15, -0.1) is 0 Å². The van der Waals surface area contributed by atoms with Gasteiger partial charge in [0.1, 0.15) is 0 Å². The van der Waals surface area contributed by atoms with Crippen LogP contribution in [0.15, 0.2) is 54.6 Å². The number of nitrogens with zero attached hydrogens (tertiary/aromatic N) is 2. The van der Waals surface area contributed by atoms with Crippen molar-refractivity contribution in [1.29, 1.82) is 0 Å². The van der Waals surface area contributed by atoms with E-state index in [9.17, 15) is 14.9 Å². The number of non-ortho nitro benzene ring substituents is 1. The fourth-order valence-electron chi connectivity index (χ4n) is 4.54. The fourth-order valence-corrected chi connectivity index (χ4v) is 4.54. The van der Waals surface area contributed by atoms with Crippen LogP contribution in [-0.2, 0) is 17.6 Å². The third-order valence-electron chi connectivity index (χ3n) is 6.40. The Morgan fingerprint density at radius 3 is 2.51 bits per heavy atom. The Bertz CT molecular complexity index is 1200. The van der Waals surface area contributed by atoms with Gasteiger partial charge in [0.15, 0.2) is 0 Å². The van der Waals surface area contributed by atoms with Gasteiger partial charge in [0.25, 0.3) is 5.69 Å². The molecule has 7 heteroatoms. The van der Waals surface area contributed by atoms with Crippen molar-refractivity contribution in [2.24, 2.45) is 0 Å². The molecular formula is C28H32N4O3. The molecule has 0 saturated heterocycles. The minimum atomic E-state index is -0.440. The lowest BCUT2D eigenvalue weighted by Crippen LogP contribution is -2.22. The standard InChI is InChI=1S/C28H32N4O3/c33-27(18-15-21-13-16-22(17-14-21)32(34)35)29-19-7-1-2-8-20-30-28-23-9-3-5-11-25(23)31-26-12-6-4-10-24(26)28/h3,5,9,11,13-18H,1-2,4,6-8,10,12,19-20H2,(H,29,33)(H,30,31)/b18-15+. The lowest BCUT2D eigenvalue weighted by molar-refractivity contribution is -0.384. The van der Waals surface area contributed by atoms with Crippen LogP contribution in [0.1, 0.15) is 55.3 Å². The number of nitro benzene ring substituents is 1. The van der Waals surface area contributed by atoms with E-state index in [1.165, 1.54) is 53.4 Å². The van der Waals surface area contributed by atoms with Crippen molar-refractivity contribution >= 4 is 34.3 Å². The Labute approximate surface area is 205 Å². The molecule has 0 atom stereocenters. The van der Waals surface area contributed by atoms with Gasteiger partial charge in [-0.05, 0) is 73.9 Å². The first-order valence-electron chi connectivity index (χ1n) is 12.5. The van der Waals surface area contributed by atoms with Crippen LogP contribution in [0.3, 0.4) is 0 Å². The minimum absolute atomic E-state index is 0.0373. The average molecular weight is 473 g/mol. The zero-order chi connectivity index (χ0) is 24.5. The molecule has 0 fully saturated rings. The Morgan fingerprint density at radius 1 is 0.971 bits per heavy atom. The topological polar surface area (TPSA) is 97.2 Å². The number of aryl methyl sites for hydroxylation is 1. The van der Waals surface area contributed by atoms with E-state index < -0.39 is 4.92 Å². The van der Waals surface area contributed by atoms with Crippen LogP contribution in [0, 0.1) is 10.1 Å². The van der Waals surface area contributed by atoms with Crippen LogP contribution >= 0.6 is 0 Å². The van der Waals surface area contributed by atoms with Gasteiger partial charge < -0.3 is 10.6 Å². The molecule has 1 heterocycles. The highest BCUT2D eigenvalue weighted by atomic mass is 16.6. The summed E-state index contributed by atoms with van der Waals surface area (Å²) in [6.07, 6.45) is 11.9. The molecule has 0 radical (unpaired) electrons. The van der Waals surface area contributed by atoms with Gasteiger partial charge in [-0.1, -0.05) is 31.0 Å². The zero-order valence-electron chi connectivity index (χ0n) is 20.0. The number of carbonyl (C=O) groups is 1. The molecule has 7 nitrogen and oxygen atoms in total. The minimum Gasteiger partial charge on any atom is -0.384 e. The number of anilines is 1. The quantitative estimate of drug-likeness (QED) is 0.159. The van der Waals surface area contributed by atoms with Crippen molar-refractivity contribution < 1.29 is 9.72 Å². The number of rotatable bonds is 11. The number of amides is 1. The molecule has 3 aromatic rings. The first-order chi connectivity index (χ1) is 17.1. The smallest absolute Gasteiger partial charge is 0.269 e. The van der Waals surface area contributed by atoms with Gasteiger partial charge in [0.2, 0.25) is 5.91 Å². The van der Waals surface area contributed by atoms with Crippen LogP contribution in [0.25, 0.3) is 17.0 Å². The van der Waals surface area contributed by atoms with Crippen molar-refractivity contribution in [3.05, 3.63) is 81.5 Å². The van der Waals surface area contributed by atoms with Gasteiger partial charge >= 0.3 is 0 Å². The van der Waals surface area contributed by atoms with Crippen LogP contribution < -0.4 is 10.6 Å². The molecule has 4 rings (SSSR count). The van der Waals surface area contributed by atoms with E-state index >= 15 is 0 Å². The predicted octanol–water partition coefficient (Wildman–Crippen LogP) is 5.82. The fraction of sp³-hybridized carbons (Fsp3) is 0.357. The van der Waals surface area contributed by atoms with Crippen molar-refractivity contribution in [2.45, 2.75) is 51.4 Å². The molecule has 35 heavy (non-hydrogen) atoms. The van der Waals surface area contributed by atoms with Gasteiger partial charge in [-0.3, -0.25) is 19.9 Å². The molecular weight excluding hydrogens is 440 g/mol. The van der Waals surface area contributed by atoms with Gasteiger partial charge in [-0.25, -0.2) is 0 Å². The summed E-state index contributed by atoms with van der Waals surface area (Å²) in [5.41, 5.74) is 5.80. The summed E-state index contributed by atoms with van der Waals surface area (Å²) >= 11 is 0. The van der Waals surface area contributed by atoms with Crippen molar-refractivity contribution in [3.63, 3.8) is 0 Å². The third kappa shape index (κ3) is 6.66. The van der Waals surface area contributed by atoms with Crippen LogP contribution in [-0.4, -0.2) is 28.9 Å². The molecule has 1 aliphatic rings. The number of carbonyl (C=O) groups excluding carboxylic acids is 1. The largest absolute Gasteiger partial charge is 0.384 e. The molecule has 2 N–H and O–H groups in total. The molecule has 0 saturated carbocycles. The second-order valence-corrected chi connectivity index (χ2v) is 8.95. The number of para-hydroxylation sites is 1. The number of benzene rings is 2. The van der Waals surface area contributed by atoms with Crippen molar-refractivity contribution in [2.75, 3.05) is 18.4 Å². The van der Waals surface area contributed by atoms with Crippen LogP contribution in [0.5, 0.6) is 0 Å². The summed E-state index contributed by atoms with van der Waals surface area (Å²) in [6.45, 7) is 1.57. The number of hydrogen-bond donors (Lipinski definition) is 2. The Hall–Kier alpha value is -3.74. The van der Waals surface area contributed by atoms with E-state index in [1.54, 1.807) is 18.2 Å². The summed E-state index contributed by atoms with van der Waals surface area (Å²) < 4.78 is 0. The summed E-state index contributed by atoms with van der Waals surface area (Å²) in [6, 6.07) is 14.5.